The van der Waals surface area contributed by atoms with Crippen molar-refractivity contribution in [1.29, 1.82) is 0 Å². The zero-order chi connectivity index (χ0) is 25.3. The number of nitrogens with zero attached hydrogens (tertiary/aromatic N) is 3. The number of alkyl halides is 3. The van der Waals surface area contributed by atoms with E-state index in [1.165, 1.54) is 18.2 Å². The van der Waals surface area contributed by atoms with Gasteiger partial charge >= 0.3 is 6.36 Å². The van der Waals surface area contributed by atoms with Crippen molar-refractivity contribution in [2.24, 2.45) is 5.92 Å². The van der Waals surface area contributed by atoms with Crippen molar-refractivity contribution >= 4 is 10.9 Å². The van der Waals surface area contributed by atoms with E-state index in [1.54, 1.807) is 24.3 Å². The van der Waals surface area contributed by atoms with Gasteiger partial charge in [0.15, 0.2) is 0 Å². The number of hydrogen-bond acceptors (Lipinski definition) is 4. The molecule has 0 N–H and O–H groups in total. The molecule has 1 atom stereocenters. The molecule has 0 aliphatic carbocycles. The fourth-order valence-corrected chi connectivity index (χ4v) is 4.88. The summed E-state index contributed by atoms with van der Waals surface area (Å²) in [5.41, 5.74) is 1.66. The number of halogens is 3. The first kappa shape index (κ1) is 25.2. The van der Waals surface area contributed by atoms with Gasteiger partial charge in [-0.05, 0) is 74.5 Å². The third-order valence-electron chi connectivity index (χ3n) is 6.62. The number of ether oxygens (including phenoxy) is 1. The van der Waals surface area contributed by atoms with Gasteiger partial charge < -0.3 is 9.64 Å². The van der Waals surface area contributed by atoms with Gasteiger partial charge in [0.1, 0.15) is 11.6 Å². The first-order valence-electron chi connectivity index (χ1n) is 12.2. The van der Waals surface area contributed by atoms with Crippen LogP contribution in [0.4, 0.5) is 13.2 Å². The Morgan fingerprint density at radius 1 is 1.09 bits per heavy atom. The summed E-state index contributed by atoms with van der Waals surface area (Å²) in [6.07, 6.45) is -2.59. The van der Waals surface area contributed by atoms with E-state index in [1.807, 2.05) is 18.4 Å². The van der Waals surface area contributed by atoms with E-state index < -0.39 is 6.36 Å². The number of fused-ring (bicyclic) bond motifs is 1. The largest absolute Gasteiger partial charge is 0.573 e. The molecule has 0 unspecified atom stereocenters. The summed E-state index contributed by atoms with van der Waals surface area (Å²) < 4.78 is 43.9. The van der Waals surface area contributed by atoms with Crippen LogP contribution in [0.1, 0.15) is 52.3 Å². The molecule has 3 aromatic rings. The third-order valence-corrected chi connectivity index (χ3v) is 6.62. The molecule has 35 heavy (non-hydrogen) atoms. The normalized spacial score (nSPS) is 17.5. The van der Waals surface area contributed by atoms with Crippen molar-refractivity contribution < 1.29 is 17.9 Å². The lowest BCUT2D eigenvalue weighted by atomic mass is 9.96. The maximum absolute atomic E-state index is 13.7. The molecule has 0 bridgehead atoms. The Morgan fingerprint density at radius 3 is 2.51 bits per heavy atom. The van der Waals surface area contributed by atoms with E-state index in [9.17, 15) is 18.0 Å². The Labute approximate surface area is 203 Å². The molecule has 0 amide bonds. The highest BCUT2D eigenvalue weighted by Crippen LogP contribution is 2.30. The lowest BCUT2D eigenvalue weighted by molar-refractivity contribution is -0.274. The molecule has 188 valence electrons. The minimum Gasteiger partial charge on any atom is -0.406 e. The standard InChI is InChI=1S/C27H32F3N3O2/c1-17(2)25-31-24-11-10-21(20-8-5-9-22(13-20)35-27(28,29)30)14-23(24)26(34)33(25)16-19-7-6-12-32(15-19)18(3)4/h5,8-11,13-14,17-19H,6-7,12,15-16H2,1-4H3/t19-/m0/s1. The summed E-state index contributed by atoms with van der Waals surface area (Å²) in [5.74, 6) is 0.901. The molecule has 2 aromatic carbocycles. The van der Waals surface area contributed by atoms with E-state index in [0.717, 1.165) is 31.8 Å². The van der Waals surface area contributed by atoms with Crippen molar-refractivity contribution in [3.63, 3.8) is 0 Å². The second-order valence-corrected chi connectivity index (χ2v) is 9.94. The van der Waals surface area contributed by atoms with Gasteiger partial charge in [-0.25, -0.2) is 4.98 Å². The molecule has 4 rings (SSSR count). The van der Waals surface area contributed by atoms with Crippen LogP contribution in [0.5, 0.6) is 5.75 Å². The molecular weight excluding hydrogens is 455 g/mol. The molecule has 1 aromatic heterocycles. The molecule has 0 radical (unpaired) electrons. The average molecular weight is 488 g/mol. The summed E-state index contributed by atoms with van der Waals surface area (Å²) in [4.78, 5) is 21.0. The SMILES string of the molecule is CC(C)c1nc2ccc(-c3cccc(OC(F)(F)F)c3)cc2c(=O)n1C[C@H]1CCCN(C(C)C)C1. The first-order valence-corrected chi connectivity index (χ1v) is 12.2. The Kier molecular flexibility index (Phi) is 7.22. The summed E-state index contributed by atoms with van der Waals surface area (Å²) >= 11 is 0. The zero-order valence-electron chi connectivity index (χ0n) is 20.6. The van der Waals surface area contributed by atoms with E-state index in [0.29, 0.717) is 40.5 Å². The monoisotopic (exact) mass is 487 g/mol. The van der Waals surface area contributed by atoms with E-state index in [-0.39, 0.29) is 17.2 Å². The van der Waals surface area contributed by atoms with E-state index >= 15 is 0 Å². The number of rotatable bonds is 6. The van der Waals surface area contributed by atoms with Gasteiger partial charge in [-0.1, -0.05) is 32.0 Å². The fourth-order valence-electron chi connectivity index (χ4n) is 4.88. The zero-order valence-corrected chi connectivity index (χ0v) is 20.6. The van der Waals surface area contributed by atoms with Crippen LogP contribution in [0.15, 0.2) is 47.3 Å². The van der Waals surface area contributed by atoms with Crippen molar-refractivity contribution in [1.82, 2.24) is 14.5 Å². The number of aromatic nitrogens is 2. The minimum absolute atomic E-state index is 0.0766. The highest BCUT2D eigenvalue weighted by Gasteiger charge is 2.31. The van der Waals surface area contributed by atoms with Gasteiger partial charge in [0.25, 0.3) is 5.56 Å². The predicted octanol–water partition coefficient (Wildman–Crippen LogP) is 6.21. The summed E-state index contributed by atoms with van der Waals surface area (Å²) in [6, 6.07) is 11.5. The van der Waals surface area contributed by atoms with Gasteiger partial charge in [-0.3, -0.25) is 9.36 Å². The van der Waals surface area contributed by atoms with Crippen LogP contribution in [-0.4, -0.2) is 39.9 Å². The van der Waals surface area contributed by atoms with Crippen molar-refractivity contribution in [2.75, 3.05) is 13.1 Å². The second kappa shape index (κ2) is 10.0. The molecule has 1 aliphatic rings. The summed E-state index contributed by atoms with van der Waals surface area (Å²) in [7, 11) is 0. The van der Waals surface area contributed by atoms with Crippen LogP contribution in [0.3, 0.4) is 0 Å². The van der Waals surface area contributed by atoms with Gasteiger partial charge in [-0.2, -0.15) is 0 Å². The maximum atomic E-state index is 13.7. The van der Waals surface area contributed by atoms with Crippen LogP contribution in [-0.2, 0) is 6.54 Å². The summed E-state index contributed by atoms with van der Waals surface area (Å²) in [6.45, 7) is 11.1. The van der Waals surface area contributed by atoms with E-state index in [4.69, 9.17) is 4.98 Å². The van der Waals surface area contributed by atoms with E-state index in [2.05, 4.69) is 23.5 Å². The molecule has 2 heterocycles. The Morgan fingerprint density at radius 2 is 1.83 bits per heavy atom. The number of hydrogen-bond donors (Lipinski definition) is 0. The Balaban J connectivity index is 1.73. The molecule has 0 saturated carbocycles. The maximum Gasteiger partial charge on any atom is 0.573 e. The average Bonchev–Trinajstić information content (AvgIpc) is 2.79. The van der Waals surface area contributed by atoms with Gasteiger partial charge in [-0.15, -0.1) is 13.2 Å². The molecule has 5 nitrogen and oxygen atoms in total. The quantitative estimate of drug-likeness (QED) is 0.415. The topological polar surface area (TPSA) is 47.4 Å². The van der Waals surface area contributed by atoms with Crippen LogP contribution < -0.4 is 10.3 Å². The number of likely N-dealkylation sites (tertiary alicyclic amines) is 1. The molecule has 1 saturated heterocycles. The lowest BCUT2D eigenvalue weighted by Crippen LogP contribution is -2.42. The Hall–Kier alpha value is -2.87. The second-order valence-electron chi connectivity index (χ2n) is 9.94. The minimum atomic E-state index is -4.77. The van der Waals surface area contributed by atoms with Gasteiger partial charge in [0, 0.05) is 25.0 Å². The Bertz CT molecular complexity index is 1250. The smallest absolute Gasteiger partial charge is 0.406 e. The van der Waals surface area contributed by atoms with Gasteiger partial charge in [0.05, 0.1) is 10.9 Å². The fraction of sp³-hybridized carbons (Fsp3) is 0.481. The van der Waals surface area contributed by atoms with Crippen LogP contribution in [0.2, 0.25) is 0 Å². The molecule has 0 spiro atoms. The van der Waals surface area contributed by atoms with Crippen LogP contribution in [0, 0.1) is 5.92 Å². The first-order chi connectivity index (χ1) is 16.5. The molecule has 1 fully saturated rings. The molecule has 8 heteroatoms. The van der Waals surface area contributed by atoms with Crippen molar-refractivity contribution in [3.05, 3.63) is 58.6 Å². The number of piperidine rings is 1. The highest BCUT2D eigenvalue weighted by atomic mass is 19.4. The molecular formula is C27H32F3N3O2. The van der Waals surface area contributed by atoms with Crippen LogP contribution in [0.25, 0.3) is 22.0 Å². The highest BCUT2D eigenvalue weighted by molar-refractivity contribution is 5.84. The third kappa shape index (κ3) is 5.86. The number of benzene rings is 2. The predicted molar refractivity (Wildman–Crippen MR) is 132 cm³/mol. The molecule has 1 aliphatic heterocycles. The van der Waals surface area contributed by atoms with Crippen LogP contribution >= 0.6 is 0 Å². The summed E-state index contributed by atoms with van der Waals surface area (Å²) in [5, 5.41) is 0.463. The van der Waals surface area contributed by atoms with Gasteiger partial charge in [0.2, 0.25) is 0 Å². The lowest BCUT2D eigenvalue weighted by Gasteiger charge is -2.36. The van der Waals surface area contributed by atoms with Crippen molar-refractivity contribution in [2.45, 2.75) is 65.4 Å². The van der Waals surface area contributed by atoms with Crippen molar-refractivity contribution in [3.8, 4) is 16.9 Å².